The Balaban J connectivity index is 2.14. The number of rotatable bonds is 4. The van der Waals surface area contributed by atoms with Crippen molar-refractivity contribution >= 4 is 11.7 Å². The van der Waals surface area contributed by atoms with Crippen LogP contribution in [0.15, 0.2) is 36.5 Å². The second kappa shape index (κ2) is 6.39. The summed E-state index contributed by atoms with van der Waals surface area (Å²) in [6.07, 6.45) is 1.54. The van der Waals surface area contributed by atoms with Gasteiger partial charge in [-0.15, -0.1) is 0 Å². The Hall–Kier alpha value is -3.07. The molecule has 6 nitrogen and oxygen atoms in total. The van der Waals surface area contributed by atoms with Crippen LogP contribution < -0.4 is 10.5 Å². The van der Waals surface area contributed by atoms with Crippen LogP contribution in [-0.4, -0.2) is 18.1 Å². The highest BCUT2D eigenvalue weighted by Gasteiger charge is 2.10. The van der Waals surface area contributed by atoms with Gasteiger partial charge < -0.3 is 15.2 Å². The lowest BCUT2D eigenvalue weighted by molar-refractivity contribution is 0.0600. The molecule has 0 saturated heterocycles. The normalized spacial score (nSPS) is 9.71. The van der Waals surface area contributed by atoms with Crippen LogP contribution in [0, 0.1) is 11.3 Å². The number of methoxy groups -OCH3 is 1. The highest BCUT2D eigenvalue weighted by Crippen LogP contribution is 2.24. The molecule has 1 aromatic heterocycles. The Bertz CT molecular complexity index is 708. The van der Waals surface area contributed by atoms with Crippen molar-refractivity contribution in [2.75, 3.05) is 12.8 Å². The molecular weight excluding hydrogens is 270 g/mol. The van der Waals surface area contributed by atoms with E-state index in [1.54, 1.807) is 30.5 Å². The number of nitrogens with two attached hydrogens (primary N) is 1. The highest BCUT2D eigenvalue weighted by molar-refractivity contribution is 5.90. The molecule has 2 N–H and O–H groups in total. The third kappa shape index (κ3) is 3.28. The van der Waals surface area contributed by atoms with Crippen molar-refractivity contribution in [3.8, 4) is 11.8 Å². The third-order valence-electron chi connectivity index (χ3n) is 2.81. The van der Waals surface area contributed by atoms with Gasteiger partial charge in [0.2, 0.25) is 0 Å². The number of pyridine rings is 1. The highest BCUT2D eigenvalue weighted by atomic mass is 16.5. The summed E-state index contributed by atoms with van der Waals surface area (Å²) in [6, 6.07) is 10.1. The molecule has 2 rings (SSSR count). The van der Waals surface area contributed by atoms with Crippen molar-refractivity contribution in [2.24, 2.45) is 0 Å². The minimum absolute atomic E-state index is 0.165. The molecular formula is C15H13N3O3. The molecule has 0 saturated carbocycles. The number of nitrogens with zero attached hydrogens (tertiary/aromatic N) is 2. The fourth-order valence-electron chi connectivity index (χ4n) is 1.74. The predicted molar refractivity (Wildman–Crippen MR) is 75.5 cm³/mol. The minimum Gasteiger partial charge on any atom is -0.487 e. The van der Waals surface area contributed by atoms with Gasteiger partial charge in [-0.1, -0.05) is 6.07 Å². The van der Waals surface area contributed by atoms with Crippen LogP contribution in [0.25, 0.3) is 0 Å². The summed E-state index contributed by atoms with van der Waals surface area (Å²) in [5, 5.41) is 8.95. The number of hydrogen-bond donors (Lipinski definition) is 1. The zero-order valence-electron chi connectivity index (χ0n) is 11.4. The standard InChI is InChI=1S/C15H13N3O3/c1-20-15(19)10-4-5-14(12(17)7-10)21-9-11-3-2-6-18-13(11)8-16/h2-7H,9,17H2,1H3. The number of carbonyl (C=O) groups excluding carboxylic acids is 1. The lowest BCUT2D eigenvalue weighted by atomic mass is 10.2. The van der Waals surface area contributed by atoms with E-state index >= 15 is 0 Å². The van der Waals surface area contributed by atoms with Crippen molar-refractivity contribution < 1.29 is 14.3 Å². The molecule has 0 aliphatic rings. The Kier molecular flexibility index (Phi) is 4.36. The maximum atomic E-state index is 11.4. The number of carbonyl (C=O) groups is 1. The van der Waals surface area contributed by atoms with Crippen LogP contribution in [0.2, 0.25) is 0 Å². The van der Waals surface area contributed by atoms with Gasteiger partial charge in [-0.2, -0.15) is 5.26 Å². The van der Waals surface area contributed by atoms with E-state index in [0.717, 1.165) is 0 Å². The van der Waals surface area contributed by atoms with Crippen LogP contribution >= 0.6 is 0 Å². The van der Waals surface area contributed by atoms with Gasteiger partial charge >= 0.3 is 5.97 Å². The van der Waals surface area contributed by atoms with Gasteiger partial charge in [0.1, 0.15) is 24.1 Å². The van der Waals surface area contributed by atoms with Gasteiger partial charge in [0.15, 0.2) is 0 Å². The zero-order valence-corrected chi connectivity index (χ0v) is 11.4. The second-order valence-electron chi connectivity index (χ2n) is 4.16. The largest absolute Gasteiger partial charge is 0.487 e. The summed E-state index contributed by atoms with van der Waals surface area (Å²) in [5.41, 5.74) is 7.47. The summed E-state index contributed by atoms with van der Waals surface area (Å²) >= 11 is 0. The molecule has 6 heteroatoms. The maximum Gasteiger partial charge on any atom is 0.337 e. The van der Waals surface area contributed by atoms with Crippen LogP contribution in [0.3, 0.4) is 0 Å². The van der Waals surface area contributed by atoms with E-state index in [4.69, 9.17) is 15.7 Å². The van der Waals surface area contributed by atoms with E-state index in [1.807, 2.05) is 6.07 Å². The smallest absolute Gasteiger partial charge is 0.337 e. The first-order valence-corrected chi connectivity index (χ1v) is 6.10. The third-order valence-corrected chi connectivity index (χ3v) is 2.81. The van der Waals surface area contributed by atoms with Gasteiger partial charge in [-0.3, -0.25) is 0 Å². The SMILES string of the molecule is COC(=O)c1ccc(OCc2cccnc2C#N)c(N)c1. The molecule has 2 aromatic rings. The molecule has 0 radical (unpaired) electrons. The molecule has 0 unspecified atom stereocenters. The van der Waals surface area contributed by atoms with E-state index in [1.165, 1.54) is 13.2 Å². The first-order chi connectivity index (χ1) is 10.2. The quantitative estimate of drug-likeness (QED) is 0.679. The molecule has 0 fully saturated rings. The van der Waals surface area contributed by atoms with Gasteiger partial charge in [0, 0.05) is 11.8 Å². The average Bonchev–Trinajstić information content (AvgIpc) is 2.53. The van der Waals surface area contributed by atoms with Crippen LogP contribution in [0.5, 0.6) is 5.75 Å². The molecule has 0 aliphatic carbocycles. The van der Waals surface area contributed by atoms with E-state index in [-0.39, 0.29) is 6.61 Å². The predicted octanol–water partition coefficient (Wildman–Crippen LogP) is 1.90. The molecule has 1 heterocycles. The number of anilines is 1. The number of benzene rings is 1. The van der Waals surface area contributed by atoms with Crippen molar-refractivity contribution in [2.45, 2.75) is 6.61 Å². The molecule has 21 heavy (non-hydrogen) atoms. The molecule has 0 atom stereocenters. The summed E-state index contributed by atoms with van der Waals surface area (Å²) in [5.74, 6) is -0.0392. The number of nitrogen functional groups attached to an aromatic ring is 1. The van der Waals surface area contributed by atoms with E-state index < -0.39 is 5.97 Å². The van der Waals surface area contributed by atoms with Crippen molar-refractivity contribution in [3.63, 3.8) is 0 Å². The van der Waals surface area contributed by atoms with E-state index in [2.05, 4.69) is 9.72 Å². The molecule has 0 bridgehead atoms. The Morgan fingerprint density at radius 1 is 1.43 bits per heavy atom. The van der Waals surface area contributed by atoms with Gasteiger partial charge in [-0.25, -0.2) is 9.78 Å². The summed E-state index contributed by atoms with van der Waals surface area (Å²) in [7, 11) is 1.30. The molecule has 1 aromatic carbocycles. The monoisotopic (exact) mass is 283 g/mol. The Labute approximate surface area is 121 Å². The number of aromatic nitrogens is 1. The number of ether oxygens (including phenoxy) is 2. The fourth-order valence-corrected chi connectivity index (χ4v) is 1.74. The van der Waals surface area contributed by atoms with Gasteiger partial charge in [-0.05, 0) is 24.3 Å². The number of hydrogen-bond acceptors (Lipinski definition) is 6. The number of nitriles is 1. The van der Waals surface area contributed by atoms with Gasteiger partial charge in [0.25, 0.3) is 0 Å². The fraction of sp³-hybridized carbons (Fsp3) is 0.133. The Morgan fingerprint density at radius 2 is 2.24 bits per heavy atom. The maximum absolute atomic E-state index is 11.4. The Morgan fingerprint density at radius 3 is 2.90 bits per heavy atom. The molecule has 0 amide bonds. The molecule has 106 valence electrons. The zero-order chi connectivity index (χ0) is 15.2. The van der Waals surface area contributed by atoms with Gasteiger partial charge in [0.05, 0.1) is 18.4 Å². The molecule has 0 spiro atoms. The first-order valence-electron chi connectivity index (χ1n) is 6.10. The lowest BCUT2D eigenvalue weighted by Gasteiger charge is -2.10. The van der Waals surface area contributed by atoms with Crippen LogP contribution in [0.1, 0.15) is 21.6 Å². The second-order valence-corrected chi connectivity index (χ2v) is 4.16. The van der Waals surface area contributed by atoms with Crippen LogP contribution in [-0.2, 0) is 11.3 Å². The van der Waals surface area contributed by atoms with Crippen LogP contribution in [0.4, 0.5) is 5.69 Å². The summed E-state index contributed by atoms with van der Waals surface area (Å²) in [4.78, 5) is 15.3. The number of esters is 1. The lowest BCUT2D eigenvalue weighted by Crippen LogP contribution is -2.05. The topological polar surface area (TPSA) is 98.2 Å². The minimum atomic E-state index is -0.465. The van der Waals surface area contributed by atoms with E-state index in [9.17, 15) is 4.79 Å². The summed E-state index contributed by atoms with van der Waals surface area (Å²) < 4.78 is 10.2. The molecule has 0 aliphatic heterocycles. The van der Waals surface area contributed by atoms with Crippen molar-refractivity contribution in [1.82, 2.24) is 4.98 Å². The van der Waals surface area contributed by atoms with Crippen molar-refractivity contribution in [1.29, 1.82) is 5.26 Å². The summed E-state index contributed by atoms with van der Waals surface area (Å²) in [6.45, 7) is 0.165. The average molecular weight is 283 g/mol. The first kappa shape index (κ1) is 14.3. The van der Waals surface area contributed by atoms with Crippen molar-refractivity contribution in [3.05, 3.63) is 53.3 Å². The van der Waals surface area contributed by atoms with E-state index in [0.29, 0.717) is 28.3 Å².